The third kappa shape index (κ3) is 3.47. The van der Waals surface area contributed by atoms with Crippen molar-refractivity contribution in [2.75, 3.05) is 0 Å². The molecule has 0 atom stereocenters. The fourth-order valence-electron chi connectivity index (χ4n) is 1.06. The zero-order chi connectivity index (χ0) is 12.3. The van der Waals surface area contributed by atoms with Crippen molar-refractivity contribution >= 4 is 17.6 Å². The fraction of sp³-hybridized carbons (Fsp3) is 0.455. The number of ether oxygens (including phenoxy) is 1. The predicted molar refractivity (Wildman–Crippen MR) is 60.3 cm³/mol. The van der Waals surface area contributed by atoms with Gasteiger partial charge in [0.1, 0.15) is 5.60 Å². The van der Waals surface area contributed by atoms with Gasteiger partial charge in [-0.15, -0.1) is 0 Å². The summed E-state index contributed by atoms with van der Waals surface area (Å²) in [5, 5.41) is 9.12. The monoisotopic (exact) mass is 243 g/mol. The first-order valence-corrected chi connectivity index (χ1v) is 5.20. The molecule has 0 bridgehead atoms. The fourth-order valence-corrected chi connectivity index (χ4v) is 1.24. The van der Waals surface area contributed by atoms with Crippen molar-refractivity contribution in [3.05, 3.63) is 28.5 Å². The molecule has 0 radical (unpaired) electrons. The molecule has 16 heavy (non-hydrogen) atoms. The number of aliphatic hydroxyl groups is 1. The van der Waals surface area contributed by atoms with Crippen LogP contribution < -0.4 is 0 Å². The second-order valence-corrected chi connectivity index (χ2v) is 4.72. The first-order valence-electron chi connectivity index (χ1n) is 4.82. The number of hydrogen-bond acceptors (Lipinski definition) is 4. The molecule has 0 aliphatic carbocycles. The quantitative estimate of drug-likeness (QED) is 0.809. The standard InChI is InChI=1S/C11H14ClNO3/c1-11(2,3)16-10(15)8-4-7(6-14)13-5-9(8)12/h4-5,14H,6H2,1-3H3. The molecular weight excluding hydrogens is 230 g/mol. The summed E-state index contributed by atoms with van der Waals surface area (Å²) in [6, 6.07) is 1.43. The molecule has 1 aromatic rings. The Kier molecular flexibility index (Phi) is 3.88. The number of esters is 1. The van der Waals surface area contributed by atoms with Gasteiger partial charge in [0.15, 0.2) is 0 Å². The van der Waals surface area contributed by atoms with E-state index in [1.165, 1.54) is 12.3 Å². The predicted octanol–water partition coefficient (Wildman–Crippen LogP) is 2.18. The van der Waals surface area contributed by atoms with Gasteiger partial charge >= 0.3 is 5.97 Å². The van der Waals surface area contributed by atoms with E-state index >= 15 is 0 Å². The summed E-state index contributed by atoms with van der Waals surface area (Å²) < 4.78 is 5.17. The van der Waals surface area contributed by atoms with Crippen LogP contribution in [-0.2, 0) is 11.3 Å². The van der Waals surface area contributed by atoms with Gasteiger partial charge in [-0.3, -0.25) is 4.98 Å². The normalized spacial score (nSPS) is 11.3. The molecule has 0 saturated heterocycles. The summed E-state index contributed by atoms with van der Waals surface area (Å²) in [5.41, 5.74) is 0.0178. The van der Waals surface area contributed by atoms with E-state index in [-0.39, 0.29) is 17.2 Å². The number of halogens is 1. The SMILES string of the molecule is CC(C)(C)OC(=O)c1cc(CO)ncc1Cl. The number of pyridine rings is 1. The van der Waals surface area contributed by atoms with Crippen LogP contribution in [0.5, 0.6) is 0 Å². The van der Waals surface area contributed by atoms with Crippen LogP contribution in [0.4, 0.5) is 0 Å². The lowest BCUT2D eigenvalue weighted by molar-refractivity contribution is 0.00694. The van der Waals surface area contributed by atoms with E-state index in [1.54, 1.807) is 20.8 Å². The van der Waals surface area contributed by atoms with Gasteiger partial charge in [0.25, 0.3) is 0 Å². The van der Waals surface area contributed by atoms with Crippen LogP contribution in [0.2, 0.25) is 5.02 Å². The van der Waals surface area contributed by atoms with Crippen molar-refractivity contribution in [2.24, 2.45) is 0 Å². The second-order valence-electron chi connectivity index (χ2n) is 4.32. The number of nitrogens with zero attached hydrogens (tertiary/aromatic N) is 1. The highest BCUT2D eigenvalue weighted by Gasteiger charge is 2.20. The Morgan fingerprint density at radius 2 is 2.19 bits per heavy atom. The van der Waals surface area contributed by atoms with Crippen LogP contribution >= 0.6 is 11.6 Å². The topological polar surface area (TPSA) is 59.4 Å². The van der Waals surface area contributed by atoms with Crippen LogP contribution in [-0.4, -0.2) is 21.7 Å². The van der Waals surface area contributed by atoms with Crippen LogP contribution in [0.25, 0.3) is 0 Å². The van der Waals surface area contributed by atoms with E-state index < -0.39 is 11.6 Å². The Hall–Kier alpha value is -1.13. The number of aromatic nitrogens is 1. The molecule has 1 N–H and O–H groups in total. The minimum absolute atomic E-state index is 0.214. The Balaban J connectivity index is 2.98. The van der Waals surface area contributed by atoms with E-state index in [2.05, 4.69) is 4.98 Å². The lowest BCUT2D eigenvalue weighted by atomic mass is 10.2. The largest absolute Gasteiger partial charge is 0.456 e. The molecule has 0 unspecified atom stereocenters. The maximum Gasteiger partial charge on any atom is 0.340 e. The van der Waals surface area contributed by atoms with E-state index in [0.717, 1.165) is 0 Å². The highest BCUT2D eigenvalue weighted by Crippen LogP contribution is 2.19. The number of carbonyl (C=O) groups is 1. The molecule has 0 saturated carbocycles. The van der Waals surface area contributed by atoms with E-state index in [4.69, 9.17) is 21.4 Å². The first-order chi connectivity index (χ1) is 7.33. The summed E-state index contributed by atoms with van der Waals surface area (Å²) >= 11 is 5.83. The highest BCUT2D eigenvalue weighted by atomic mass is 35.5. The van der Waals surface area contributed by atoms with Crippen molar-refractivity contribution in [1.29, 1.82) is 0 Å². The Morgan fingerprint density at radius 1 is 1.56 bits per heavy atom. The highest BCUT2D eigenvalue weighted by molar-refractivity contribution is 6.33. The molecule has 0 spiro atoms. The van der Waals surface area contributed by atoms with Crippen LogP contribution in [0.15, 0.2) is 12.3 Å². The maximum atomic E-state index is 11.7. The molecule has 1 rings (SSSR count). The molecule has 1 aromatic heterocycles. The first kappa shape index (κ1) is 12.9. The van der Waals surface area contributed by atoms with Crippen LogP contribution in [0.1, 0.15) is 36.8 Å². The maximum absolute atomic E-state index is 11.7. The third-order valence-electron chi connectivity index (χ3n) is 1.69. The molecule has 0 aromatic carbocycles. The van der Waals surface area contributed by atoms with Gasteiger partial charge in [0.2, 0.25) is 0 Å². The van der Waals surface area contributed by atoms with Gasteiger partial charge in [-0.1, -0.05) is 11.6 Å². The molecule has 0 fully saturated rings. The van der Waals surface area contributed by atoms with Crippen molar-refractivity contribution in [3.8, 4) is 0 Å². The van der Waals surface area contributed by atoms with Crippen LogP contribution in [0, 0.1) is 0 Å². The van der Waals surface area contributed by atoms with Crippen molar-refractivity contribution in [3.63, 3.8) is 0 Å². The van der Waals surface area contributed by atoms with Crippen molar-refractivity contribution in [1.82, 2.24) is 4.98 Å². The Labute approximate surface area is 99.2 Å². The Morgan fingerprint density at radius 3 is 2.69 bits per heavy atom. The van der Waals surface area contributed by atoms with Gasteiger partial charge in [0, 0.05) is 6.20 Å². The molecule has 0 amide bonds. The number of rotatable bonds is 2. The van der Waals surface area contributed by atoms with Gasteiger partial charge in [-0.2, -0.15) is 0 Å². The van der Waals surface area contributed by atoms with E-state index in [0.29, 0.717) is 5.69 Å². The average molecular weight is 244 g/mol. The van der Waals surface area contributed by atoms with Gasteiger partial charge in [0.05, 0.1) is 22.9 Å². The lowest BCUT2D eigenvalue weighted by Gasteiger charge is -2.19. The minimum Gasteiger partial charge on any atom is -0.456 e. The summed E-state index contributed by atoms with van der Waals surface area (Å²) in [7, 11) is 0. The third-order valence-corrected chi connectivity index (χ3v) is 1.99. The van der Waals surface area contributed by atoms with Gasteiger partial charge in [-0.25, -0.2) is 4.79 Å². The molecular formula is C11H14ClNO3. The van der Waals surface area contributed by atoms with Crippen molar-refractivity contribution < 1.29 is 14.6 Å². The summed E-state index contributed by atoms with van der Waals surface area (Å²) in [6.45, 7) is 5.07. The summed E-state index contributed by atoms with van der Waals surface area (Å²) in [6.07, 6.45) is 1.33. The van der Waals surface area contributed by atoms with Gasteiger partial charge < -0.3 is 9.84 Å². The molecule has 88 valence electrons. The smallest absolute Gasteiger partial charge is 0.340 e. The number of aliphatic hydroxyl groups excluding tert-OH is 1. The van der Waals surface area contributed by atoms with Crippen LogP contribution in [0.3, 0.4) is 0 Å². The molecule has 0 aliphatic heterocycles. The lowest BCUT2D eigenvalue weighted by Crippen LogP contribution is -2.24. The zero-order valence-corrected chi connectivity index (χ0v) is 10.2. The summed E-state index contributed by atoms with van der Waals surface area (Å²) in [4.78, 5) is 15.6. The molecule has 0 aliphatic rings. The summed E-state index contributed by atoms with van der Waals surface area (Å²) in [5.74, 6) is -0.519. The average Bonchev–Trinajstić information content (AvgIpc) is 2.15. The Bertz CT molecular complexity index is 399. The van der Waals surface area contributed by atoms with Gasteiger partial charge in [-0.05, 0) is 26.8 Å². The molecule has 5 heteroatoms. The molecule has 1 heterocycles. The van der Waals surface area contributed by atoms with E-state index in [1.807, 2.05) is 0 Å². The number of hydrogen-bond donors (Lipinski definition) is 1. The minimum atomic E-state index is -0.580. The van der Waals surface area contributed by atoms with E-state index in [9.17, 15) is 4.79 Å². The number of carbonyl (C=O) groups excluding carboxylic acids is 1. The zero-order valence-electron chi connectivity index (χ0n) is 9.45. The molecule has 4 nitrogen and oxygen atoms in total. The van der Waals surface area contributed by atoms with Crippen molar-refractivity contribution in [2.45, 2.75) is 33.0 Å². The second kappa shape index (κ2) is 4.80.